The Kier molecular flexibility index (Phi) is 4.40. The molecule has 0 radical (unpaired) electrons. The predicted molar refractivity (Wildman–Crippen MR) is 79.2 cm³/mol. The van der Waals surface area contributed by atoms with Crippen molar-refractivity contribution in [1.29, 1.82) is 0 Å². The molecule has 2 rings (SSSR count). The third kappa shape index (κ3) is 2.89. The Balaban J connectivity index is 2.33. The maximum absolute atomic E-state index is 5.89. The molecule has 1 fully saturated rings. The Bertz CT molecular complexity index is 430. The summed E-state index contributed by atoms with van der Waals surface area (Å²) in [6.45, 7) is 10.4. The van der Waals surface area contributed by atoms with Crippen LogP contribution in [-0.4, -0.2) is 22.6 Å². The number of hydrogen-bond acceptors (Lipinski definition) is 4. The molecule has 4 heteroatoms. The van der Waals surface area contributed by atoms with Crippen LogP contribution in [0.4, 0.5) is 5.69 Å². The van der Waals surface area contributed by atoms with Gasteiger partial charge in [-0.3, -0.25) is 0 Å². The number of rotatable bonds is 3. The number of piperidine rings is 1. The summed E-state index contributed by atoms with van der Waals surface area (Å²) in [5.74, 6) is 1.95. The summed E-state index contributed by atoms with van der Waals surface area (Å²) in [4.78, 5) is 11.6. The van der Waals surface area contributed by atoms with E-state index in [0.29, 0.717) is 24.4 Å². The third-order valence-electron chi connectivity index (χ3n) is 4.26. The molecule has 4 nitrogen and oxygen atoms in total. The Labute approximate surface area is 116 Å². The smallest absolute Gasteiger partial charge is 0.131 e. The number of aromatic nitrogens is 2. The van der Waals surface area contributed by atoms with Crippen molar-refractivity contribution in [3.05, 3.63) is 17.7 Å². The lowest BCUT2D eigenvalue weighted by atomic mass is 9.91. The van der Waals surface area contributed by atoms with Gasteiger partial charge in [-0.1, -0.05) is 20.8 Å². The monoisotopic (exact) mass is 262 g/mol. The van der Waals surface area contributed by atoms with Crippen LogP contribution in [0.15, 0.2) is 6.20 Å². The molecule has 0 bridgehead atoms. The van der Waals surface area contributed by atoms with Crippen LogP contribution >= 0.6 is 0 Å². The summed E-state index contributed by atoms with van der Waals surface area (Å²) >= 11 is 0. The van der Waals surface area contributed by atoms with Crippen molar-refractivity contribution >= 4 is 5.69 Å². The van der Waals surface area contributed by atoms with Gasteiger partial charge in [-0.2, -0.15) is 0 Å². The number of anilines is 1. The second-order valence-electron chi connectivity index (χ2n) is 5.97. The highest BCUT2D eigenvalue weighted by atomic mass is 15.2. The first-order chi connectivity index (χ1) is 9.04. The van der Waals surface area contributed by atoms with Gasteiger partial charge in [-0.05, 0) is 25.7 Å². The van der Waals surface area contributed by atoms with Crippen molar-refractivity contribution in [2.24, 2.45) is 11.7 Å². The molecule has 0 spiro atoms. The quantitative estimate of drug-likeness (QED) is 0.910. The van der Waals surface area contributed by atoms with Gasteiger partial charge >= 0.3 is 0 Å². The first-order valence-electron chi connectivity index (χ1n) is 7.37. The van der Waals surface area contributed by atoms with Crippen LogP contribution in [0.1, 0.15) is 58.0 Å². The minimum atomic E-state index is 0.344. The van der Waals surface area contributed by atoms with E-state index in [1.54, 1.807) is 0 Å². The highest BCUT2D eigenvalue weighted by Gasteiger charge is 2.27. The van der Waals surface area contributed by atoms with Gasteiger partial charge in [-0.15, -0.1) is 0 Å². The molecule has 106 valence electrons. The van der Waals surface area contributed by atoms with Gasteiger partial charge in [0.05, 0.1) is 17.6 Å². The van der Waals surface area contributed by atoms with Crippen LogP contribution in [-0.2, 0) is 6.54 Å². The maximum Gasteiger partial charge on any atom is 0.131 e. The molecule has 2 heterocycles. The molecule has 2 unspecified atom stereocenters. The molecule has 0 aliphatic carbocycles. The fourth-order valence-electron chi connectivity index (χ4n) is 2.77. The van der Waals surface area contributed by atoms with E-state index in [2.05, 4.69) is 42.6 Å². The lowest BCUT2D eigenvalue weighted by Crippen LogP contribution is -2.43. The van der Waals surface area contributed by atoms with E-state index in [0.717, 1.165) is 23.8 Å². The standard InChI is InChI=1S/C15H26N4/c1-10(2)15-17-9-14(13(8-16)18-15)19-7-5-6-11(3)12(19)4/h9-12H,5-8,16H2,1-4H3. The minimum absolute atomic E-state index is 0.344. The van der Waals surface area contributed by atoms with E-state index in [-0.39, 0.29) is 0 Å². The predicted octanol–water partition coefficient (Wildman–Crippen LogP) is 2.68. The summed E-state index contributed by atoms with van der Waals surface area (Å²) in [7, 11) is 0. The van der Waals surface area contributed by atoms with Gasteiger partial charge in [0.2, 0.25) is 0 Å². The fraction of sp³-hybridized carbons (Fsp3) is 0.733. The summed E-state index contributed by atoms with van der Waals surface area (Å²) < 4.78 is 0. The molecular formula is C15H26N4. The summed E-state index contributed by atoms with van der Waals surface area (Å²) in [5, 5.41) is 0. The normalized spacial score (nSPS) is 24.0. The zero-order valence-electron chi connectivity index (χ0n) is 12.6. The highest BCUT2D eigenvalue weighted by Crippen LogP contribution is 2.30. The van der Waals surface area contributed by atoms with Gasteiger partial charge in [0.15, 0.2) is 0 Å². The van der Waals surface area contributed by atoms with Crippen LogP contribution in [0.3, 0.4) is 0 Å². The molecule has 1 saturated heterocycles. The van der Waals surface area contributed by atoms with Gasteiger partial charge < -0.3 is 10.6 Å². The van der Waals surface area contributed by atoms with Crippen molar-refractivity contribution in [2.45, 2.75) is 59.0 Å². The van der Waals surface area contributed by atoms with E-state index in [1.165, 1.54) is 12.8 Å². The van der Waals surface area contributed by atoms with Crippen molar-refractivity contribution in [2.75, 3.05) is 11.4 Å². The fourth-order valence-corrected chi connectivity index (χ4v) is 2.77. The second-order valence-corrected chi connectivity index (χ2v) is 5.97. The van der Waals surface area contributed by atoms with Crippen LogP contribution < -0.4 is 10.6 Å². The summed E-state index contributed by atoms with van der Waals surface area (Å²) in [6.07, 6.45) is 4.51. The van der Waals surface area contributed by atoms with Crippen LogP contribution in [0.25, 0.3) is 0 Å². The molecule has 0 saturated carbocycles. The molecule has 1 aromatic rings. The Morgan fingerprint density at radius 2 is 2.16 bits per heavy atom. The number of nitrogens with two attached hydrogens (primary N) is 1. The number of hydrogen-bond donors (Lipinski definition) is 1. The highest BCUT2D eigenvalue weighted by molar-refractivity contribution is 5.50. The molecule has 19 heavy (non-hydrogen) atoms. The third-order valence-corrected chi connectivity index (χ3v) is 4.26. The molecular weight excluding hydrogens is 236 g/mol. The molecule has 0 aromatic carbocycles. The first-order valence-corrected chi connectivity index (χ1v) is 7.37. The van der Waals surface area contributed by atoms with Crippen LogP contribution in [0, 0.1) is 5.92 Å². The van der Waals surface area contributed by atoms with Crippen molar-refractivity contribution < 1.29 is 0 Å². The van der Waals surface area contributed by atoms with E-state index in [4.69, 9.17) is 5.73 Å². The largest absolute Gasteiger partial charge is 0.366 e. The van der Waals surface area contributed by atoms with Gasteiger partial charge in [-0.25, -0.2) is 9.97 Å². The van der Waals surface area contributed by atoms with Crippen molar-refractivity contribution in [3.8, 4) is 0 Å². The van der Waals surface area contributed by atoms with E-state index >= 15 is 0 Å². The SMILES string of the molecule is CC(C)c1ncc(N2CCCC(C)C2C)c(CN)n1. The van der Waals surface area contributed by atoms with E-state index in [9.17, 15) is 0 Å². The molecule has 1 aliphatic heterocycles. The molecule has 0 amide bonds. The molecule has 1 aliphatic rings. The van der Waals surface area contributed by atoms with Gasteiger partial charge in [0.25, 0.3) is 0 Å². The summed E-state index contributed by atoms with van der Waals surface area (Å²) in [5.41, 5.74) is 8.01. The van der Waals surface area contributed by atoms with Gasteiger partial charge in [0, 0.05) is 25.0 Å². The van der Waals surface area contributed by atoms with E-state index < -0.39 is 0 Å². The summed E-state index contributed by atoms with van der Waals surface area (Å²) in [6, 6.07) is 0.535. The maximum atomic E-state index is 5.89. The number of nitrogens with zero attached hydrogens (tertiary/aromatic N) is 3. The van der Waals surface area contributed by atoms with Crippen LogP contribution in [0.5, 0.6) is 0 Å². The minimum Gasteiger partial charge on any atom is -0.366 e. The Hall–Kier alpha value is -1.16. The van der Waals surface area contributed by atoms with Crippen LogP contribution in [0.2, 0.25) is 0 Å². The topological polar surface area (TPSA) is 55.0 Å². The molecule has 2 N–H and O–H groups in total. The Morgan fingerprint density at radius 3 is 2.79 bits per heavy atom. The average Bonchev–Trinajstić information content (AvgIpc) is 2.41. The van der Waals surface area contributed by atoms with Gasteiger partial charge in [0.1, 0.15) is 5.82 Å². The Morgan fingerprint density at radius 1 is 1.42 bits per heavy atom. The van der Waals surface area contributed by atoms with E-state index in [1.807, 2.05) is 6.20 Å². The lowest BCUT2D eigenvalue weighted by molar-refractivity contribution is 0.362. The lowest BCUT2D eigenvalue weighted by Gasteiger charge is -2.40. The zero-order valence-corrected chi connectivity index (χ0v) is 12.6. The van der Waals surface area contributed by atoms with Crippen molar-refractivity contribution in [1.82, 2.24) is 9.97 Å². The molecule has 2 atom stereocenters. The zero-order chi connectivity index (χ0) is 14.0. The van der Waals surface area contributed by atoms with Crippen molar-refractivity contribution in [3.63, 3.8) is 0 Å². The first kappa shape index (κ1) is 14.3. The molecule has 1 aromatic heterocycles. The second kappa shape index (κ2) is 5.87. The average molecular weight is 262 g/mol.